The van der Waals surface area contributed by atoms with Crippen molar-refractivity contribution >= 4 is 29.0 Å². The van der Waals surface area contributed by atoms with E-state index in [1.165, 1.54) is 24.3 Å². The van der Waals surface area contributed by atoms with Crippen LogP contribution in [0, 0.1) is 0 Å². The Bertz CT molecular complexity index is 956. The van der Waals surface area contributed by atoms with Crippen molar-refractivity contribution in [3.8, 4) is 0 Å². The molecule has 3 rings (SSSR count). The van der Waals surface area contributed by atoms with Crippen LogP contribution in [0.25, 0.3) is 5.57 Å². The minimum Gasteiger partial charge on any atom is -0.478 e. The number of carbonyl (C=O) groups is 4. The molecule has 1 amide bonds. The molecule has 0 aliphatic heterocycles. The topological polar surface area (TPSA) is 115 Å². The second kappa shape index (κ2) is 5.58. The molecular weight excluding hydrogens is 310 g/mol. The predicted octanol–water partition coefficient (Wildman–Crippen LogP) is 1.42. The molecule has 0 atom stereocenters. The van der Waals surface area contributed by atoms with Crippen LogP contribution in [0.1, 0.15) is 37.4 Å². The van der Waals surface area contributed by atoms with Gasteiger partial charge in [0.2, 0.25) is 5.91 Å². The molecule has 118 valence electrons. The van der Waals surface area contributed by atoms with Gasteiger partial charge in [-0.15, -0.1) is 0 Å². The average Bonchev–Trinajstić information content (AvgIpc) is 2.56. The minimum atomic E-state index is -1.38. The van der Waals surface area contributed by atoms with Gasteiger partial charge in [0.15, 0.2) is 11.6 Å². The van der Waals surface area contributed by atoms with E-state index < -0.39 is 17.7 Å². The minimum absolute atomic E-state index is 0.00694. The van der Waals surface area contributed by atoms with Gasteiger partial charge in [-0.05, 0) is 5.56 Å². The van der Waals surface area contributed by atoms with E-state index in [0.717, 1.165) is 0 Å². The lowest BCUT2D eigenvalue weighted by Gasteiger charge is -2.20. The van der Waals surface area contributed by atoms with E-state index in [-0.39, 0.29) is 39.2 Å². The van der Waals surface area contributed by atoms with Crippen molar-refractivity contribution < 1.29 is 24.3 Å². The van der Waals surface area contributed by atoms with Crippen LogP contribution < -0.4 is 5.73 Å². The SMILES string of the molecule is NC(=O)C(=CC(=O)O)c1cccc2c1C(=O)c1ccccc1C2=O. The second-order valence-corrected chi connectivity index (χ2v) is 5.19. The third kappa shape index (κ3) is 2.30. The number of ketones is 2. The predicted molar refractivity (Wildman–Crippen MR) is 84.6 cm³/mol. The molecule has 0 fully saturated rings. The maximum absolute atomic E-state index is 12.8. The van der Waals surface area contributed by atoms with Gasteiger partial charge in [0.25, 0.3) is 0 Å². The van der Waals surface area contributed by atoms with Crippen LogP contribution in [0.4, 0.5) is 0 Å². The van der Waals surface area contributed by atoms with E-state index in [2.05, 4.69) is 0 Å². The first-order chi connectivity index (χ1) is 11.4. The Morgan fingerprint density at radius 1 is 0.875 bits per heavy atom. The van der Waals surface area contributed by atoms with E-state index >= 15 is 0 Å². The van der Waals surface area contributed by atoms with Crippen molar-refractivity contribution in [1.82, 2.24) is 0 Å². The number of hydrogen-bond donors (Lipinski definition) is 2. The fourth-order valence-electron chi connectivity index (χ4n) is 2.77. The van der Waals surface area contributed by atoms with E-state index in [1.807, 2.05) is 0 Å². The van der Waals surface area contributed by atoms with Gasteiger partial charge in [0.05, 0.1) is 5.57 Å². The molecule has 6 heteroatoms. The molecule has 3 N–H and O–H groups in total. The molecule has 2 aromatic rings. The Hall–Kier alpha value is -3.54. The van der Waals surface area contributed by atoms with Gasteiger partial charge in [-0.25, -0.2) is 4.79 Å². The molecule has 1 aliphatic rings. The van der Waals surface area contributed by atoms with Crippen molar-refractivity contribution in [1.29, 1.82) is 0 Å². The van der Waals surface area contributed by atoms with E-state index in [9.17, 15) is 19.2 Å². The molecule has 0 radical (unpaired) electrons. The number of nitrogens with two attached hydrogens (primary N) is 1. The lowest BCUT2D eigenvalue weighted by molar-refractivity contribution is -0.131. The third-order valence-corrected chi connectivity index (χ3v) is 3.78. The van der Waals surface area contributed by atoms with Crippen LogP contribution in [0.3, 0.4) is 0 Å². The van der Waals surface area contributed by atoms with Crippen molar-refractivity contribution in [2.75, 3.05) is 0 Å². The number of carbonyl (C=O) groups excluding carboxylic acids is 3. The normalized spacial score (nSPS) is 13.2. The monoisotopic (exact) mass is 321 g/mol. The highest BCUT2D eigenvalue weighted by Crippen LogP contribution is 2.32. The van der Waals surface area contributed by atoms with Crippen LogP contribution in [-0.2, 0) is 9.59 Å². The largest absolute Gasteiger partial charge is 0.478 e. The van der Waals surface area contributed by atoms with Crippen LogP contribution in [0.15, 0.2) is 48.5 Å². The van der Waals surface area contributed by atoms with Gasteiger partial charge in [0, 0.05) is 28.3 Å². The van der Waals surface area contributed by atoms with Crippen LogP contribution in [0.2, 0.25) is 0 Å². The van der Waals surface area contributed by atoms with Gasteiger partial charge in [0.1, 0.15) is 0 Å². The first-order valence-electron chi connectivity index (χ1n) is 6.98. The molecule has 6 nitrogen and oxygen atoms in total. The molecule has 24 heavy (non-hydrogen) atoms. The zero-order valence-electron chi connectivity index (χ0n) is 12.3. The molecule has 0 aromatic heterocycles. The number of amides is 1. The van der Waals surface area contributed by atoms with E-state index in [0.29, 0.717) is 6.08 Å². The number of rotatable bonds is 3. The van der Waals surface area contributed by atoms with Gasteiger partial charge in [-0.3, -0.25) is 14.4 Å². The van der Waals surface area contributed by atoms with Crippen molar-refractivity contribution in [3.05, 3.63) is 76.4 Å². The van der Waals surface area contributed by atoms with Crippen LogP contribution >= 0.6 is 0 Å². The summed E-state index contributed by atoms with van der Waals surface area (Å²) in [5, 5.41) is 8.94. The van der Waals surface area contributed by atoms with E-state index in [1.54, 1.807) is 18.2 Å². The molecule has 0 heterocycles. The number of fused-ring (bicyclic) bond motifs is 2. The van der Waals surface area contributed by atoms with Crippen LogP contribution in [-0.4, -0.2) is 28.5 Å². The fraction of sp³-hybridized carbons (Fsp3) is 0. The standard InChI is InChI=1S/C18H11NO5/c19-18(24)13(8-14(20)21)9-6-3-7-12-15(9)17(23)11-5-2-1-4-10(11)16(12)22/h1-8H,(H2,19,24)(H,20,21). The van der Waals surface area contributed by atoms with Gasteiger partial charge >= 0.3 is 5.97 Å². The third-order valence-electron chi connectivity index (χ3n) is 3.78. The summed E-state index contributed by atoms with van der Waals surface area (Å²) in [7, 11) is 0. The first kappa shape index (κ1) is 15.4. The van der Waals surface area contributed by atoms with Crippen molar-refractivity contribution in [2.45, 2.75) is 0 Å². The Kier molecular flexibility index (Phi) is 3.57. The maximum atomic E-state index is 12.8. The number of carboxylic acid groups (broad SMARTS) is 1. The highest BCUT2D eigenvalue weighted by atomic mass is 16.4. The summed E-state index contributed by atoms with van der Waals surface area (Å²) in [5.74, 6) is -3.18. The Morgan fingerprint density at radius 2 is 1.46 bits per heavy atom. The summed E-state index contributed by atoms with van der Waals surface area (Å²) >= 11 is 0. The number of primary amides is 1. The number of carboxylic acids is 1. The summed E-state index contributed by atoms with van der Waals surface area (Å²) in [6, 6.07) is 10.7. The zero-order chi connectivity index (χ0) is 17.4. The van der Waals surface area contributed by atoms with Crippen molar-refractivity contribution in [3.63, 3.8) is 0 Å². The highest BCUT2D eigenvalue weighted by molar-refractivity contribution is 6.32. The van der Waals surface area contributed by atoms with Gasteiger partial charge < -0.3 is 10.8 Å². The quantitative estimate of drug-likeness (QED) is 0.708. The fourth-order valence-corrected chi connectivity index (χ4v) is 2.77. The smallest absolute Gasteiger partial charge is 0.329 e. The molecule has 2 aromatic carbocycles. The number of benzene rings is 2. The van der Waals surface area contributed by atoms with Crippen molar-refractivity contribution in [2.24, 2.45) is 5.73 Å². The zero-order valence-corrected chi connectivity index (χ0v) is 12.3. The average molecular weight is 321 g/mol. The van der Waals surface area contributed by atoms with E-state index in [4.69, 9.17) is 10.8 Å². The van der Waals surface area contributed by atoms with Crippen LogP contribution in [0.5, 0.6) is 0 Å². The molecule has 0 unspecified atom stereocenters. The number of hydrogen-bond acceptors (Lipinski definition) is 4. The molecule has 1 aliphatic carbocycles. The number of aliphatic carboxylic acids is 1. The van der Waals surface area contributed by atoms with Gasteiger partial charge in [-0.2, -0.15) is 0 Å². The maximum Gasteiger partial charge on any atom is 0.329 e. The highest BCUT2D eigenvalue weighted by Gasteiger charge is 2.32. The Morgan fingerprint density at radius 3 is 2.04 bits per heavy atom. The van der Waals surface area contributed by atoms with Gasteiger partial charge in [-0.1, -0.05) is 42.5 Å². The molecule has 0 bridgehead atoms. The summed E-state index contributed by atoms with van der Waals surface area (Å²) < 4.78 is 0. The summed E-state index contributed by atoms with van der Waals surface area (Å²) in [6.45, 7) is 0. The molecule has 0 saturated carbocycles. The first-order valence-corrected chi connectivity index (χ1v) is 6.98. The second-order valence-electron chi connectivity index (χ2n) is 5.19. The lowest BCUT2D eigenvalue weighted by atomic mass is 9.80. The summed E-state index contributed by atoms with van der Waals surface area (Å²) in [5.41, 5.74) is 5.56. The Balaban J connectivity index is 2.32. The summed E-state index contributed by atoms with van der Waals surface area (Å²) in [6.07, 6.45) is 0.635. The molecular formula is C18H11NO5. The summed E-state index contributed by atoms with van der Waals surface area (Å²) in [4.78, 5) is 48.0. The lowest BCUT2D eigenvalue weighted by Crippen LogP contribution is -2.24. The Labute approximate surface area is 136 Å². The molecule has 0 spiro atoms. The molecule has 0 saturated heterocycles.